The third kappa shape index (κ3) is 5.82. The van der Waals surface area contributed by atoms with Crippen molar-refractivity contribution in [3.8, 4) is 0 Å². The molecule has 1 heterocycles. The number of nitrogens with zero attached hydrogens (tertiary/aromatic N) is 1. The highest BCUT2D eigenvalue weighted by Crippen LogP contribution is 2.09. The van der Waals surface area contributed by atoms with Crippen LogP contribution in [0, 0.1) is 0 Å². The van der Waals surface area contributed by atoms with Crippen LogP contribution in [0.5, 0.6) is 0 Å². The summed E-state index contributed by atoms with van der Waals surface area (Å²) in [5, 5.41) is 13.2. The summed E-state index contributed by atoms with van der Waals surface area (Å²) in [6.45, 7) is 0.455. The molecule has 0 fully saturated rings. The zero-order valence-electron chi connectivity index (χ0n) is 11.9. The van der Waals surface area contributed by atoms with Crippen molar-refractivity contribution in [2.75, 3.05) is 20.7 Å². The second-order valence-electron chi connectivity index (χ2n) is 4.37. The van der Waals surface area contributed by atoms with Gasteiger partial charge >= 0.3 is 18.0 Å². The second-order valence-corrected chi connectivity index (χ2v) is 5.40. The third-order valence-electron chi connectivity index (χ3n) is 2.81. The van der Waals surface area contributed by atoms with Crippen molar-refractivity contribution in [1.82, 2.24) is 10.2 Å². The van der Waals surface area contributed by atoms with Crippen LogP contribution in [0.3, 0.4) is 0 Å². The molecule has 0 aromatic carbocycles. The highest BCUT2D eigenvalue weighted by atomic mass is 32.1. The number of aliphatic carboxylic acids is 1. The van der Waals surface area contributed by atoms with Gasteiger partial charge < -0.3 is 20.1 Å². The molecule has 2 N–H and O–H groups in total. The Morgan fingerprint density at radius 2 is 2.19 bits per heavy atom. The Balaban J connectivity index is 2.47. The first kappa shape index (κ1) is 17.0. The molecule has 0 aliphatic carbocycles. The largest absolute Gasteiger partial charge is 0.480 e. The fraction of sp³-hybridized carbons (Fsp3) is 0.462. The molecule has 0 radical (unpaired) electrons. The smallest absolute Gasteiger partial charge is 0.326 e. The van der Waals surface area contributed by atoms with Gasteiger partial charge in [0.05, 0.1) is 13.5 Å². The monoisotopic (exact) mass is 314 g/mol. The number of methoxy groups -OCH3 is 1. The number of esters is 1. The Bertz CT molecular complexity index is 489. The minimum atomic E-state index is -1.30. The maximum absolute atomic E-state index is 11.9. The van der Waals surface area contributed by atoms with E-state index in [4.69, 9.17) is 5.11 Å². The van der Waals surface area contributed by atoms with Gasteiger partial charge in [0.25, 0.3) is 0 Å². The first-order valence-corrected chi connectivity index (χ1v) is 7.15. The molecule has 2 amide bonds. The maximum atomic E-state index is 11.9. The molecule has 0 saturated carbocycles. The van der Waals surface area contributed by atoms with E-state index in [1.54, 1.807) is 18.4 Å². The second kappa shape index (κ2) is 8.25. The zero-order valence-corrected chi connectivity index (χ0v) is 12.7. The predicted octanol–water partition coefficient (Wildman–Crippen LogP) is 0.948. The van der Waals surface area contributed by atoms with Crippen LogP contribution in [0.1, 0.15) is 11.3 Å². The van der Waals surface area contributed by atoms with E-state index in [-0.39, 0.29) is 0 Å². The van der Waals surface area contributed by atoms with Crippen LogP contribution in [-0.4, -0.2) is 54.7 Å². The van der Waals surface area contributed by atoms with E-state index >= 15 is 0 Å². The van der Waals surface area contributed by atoms with Crippen LogP contribution in [0.2, 0.25) is 0 Å². The van der Waals surface area contributed by atoms with Crippen LogP contribution < -0.4 is 5.32 Å². The molecule has 8 heteroatoms. The molecule has 1 aromatic rings. The van der Waals surface area contributed by atoms with E-state index in [0.29, 0.717) is 13.0 Å². The molecule has 7 nitrogen and oxygen atoms in total. The van der Waals surface area contributed by atoms with Gasteiger partial charge in [-0.1, -0.05) is 6.07 Å². The van der Waals surface area contributed by atoms with E-state index < -0.39 is 30.4 Å². The van der Waals surface area contributed by atoms with E-state index in [9.17, 15) is 14.4 Å². The number of thiophene rings is 1. The zero-order chi connectivity index (χ0) is 15.8. The standard InChI is InChI=1S/C13H18N2O5S/c1-15(6-5-9-4-3-7-21-9)13(19)14-10(12(17)18)8-11(16)20-2/h3-4,7,10H,5-6,8H2,1-2H3,(H,14,19)(H,17,18)/t10-/m0/s1. The van der Waals surface area contributed by atoms with Crippen LogP contribution in [0.25, 0.3) is 0 Å². The number of carboxylic acid groups (broad SMARTS) is 1. The molecule has 116 valence electrons. The summed E-state index contributed by atoms with van der Waals surface area (Å²) in [7, 11) is 2.73. The topological polar surface area (TPSA) is 95.9 Å². The summed E-state index contributed by atoms with van der Waals surface area (Å²) in [6, 6.07) is 2.06. The molecular weight excluding hydrogens is 296 g/mol. The number of amides is 2. The average molecular weight is 314 g/mol. The summed E-state index contributed by atoms with van der Waals surface area (Å²) in [5.74, 6) is -1.97. The molecule has 21 heavy (non-hydrogen) atoms. The molecule has 0 aliphatic rings. The summed E-state index contributed by atoms with van der Waals surface area (Å²) in [6.07, 6.45) is 0.284. The number of urea groups is 1. The van der Waals surface area contributed by atoms with Crippen molar-refractivity contribution in [3.63, 3.8) is 0 Å². The maximum Gasteiger partial charge on any atom is 0.326 e. The van der Waals surface area contributed by atoms with Crippen molar-refractivity contribution >= 4 is 29.3 Å². The van der Waals surface area contributed by atoms with Crippen LogP contribution in [-0.2, 0) is 20.7 Å². The van der Waals surface area contributed by atoms with E-state index in [0.717, 1.165) is 12.0 Å². The van der Waals surface area contributed by atoms with Crippen molar-refractivity contribution < 1.29 is 24.2 Å². The lowest BCUT2D eigenvalue weighted by Crippen LogP contribution is -2.48. The minimum Gasteiger partial charge on any atom is -0.480 e. The van der Waals surface area contributed by atoms with Gasteiger partial charge in [-0.15, -0.1) is 11.3 Å². The molecular formula is C13H18N2O5S. The molecule has 1 atom stereocenters. The van der Waals surface area contributed by atoms with Crippen LogP contribution >= 0.6 is 11.3 Å². The first-order chi connectivity index (χ1) is 9.93. The number of ether oxygens (including phenoxy) is 1. The number of hydrogen-bond donors (Lipinski definition) is 2. The number of carboxylic acids is 1. The SMILES string of the molecule is COC(=O)C[C@H](NC(=O)N(C)CCc1cccs1)C(=O)O. The van der Waals surface area contributed by atoms with Gasteiger partial charge in [0, 0.05) is 18.5 Å². The number of likely N-dealkylation sites (N-methyl/N-ethyl adjacent to an activating group) is 1. The van der Waals surface area contributed by atoms with Gasteiger partial charge in [0.2, 0.25) is 0 Å². The number of nitrogens with one attached hydrogen (secondary N) is 1. The van der Waals surface area contributed by atoms with E-state index in [1.807, 2.05) is 17.5 Å². The van der Waals surface area contributed by atoms with E-state index in [2.05, 4.69) is 10.1 Å². The molecule has 0 spiro atoms. The predicted molar refractivity (Wildman–Crippen MR) is 77.2 cm³/mol. The Labute approximate surface area is 126 Å². The van der Waals surface area contributed by atoms with Gasteiger partial charge in [-0.3, -0.25) is 4.79 Å². The molecule has 0 unspecified atom stereocenters. The van der Waals surface area contributed by atoms with Gasteiger partial charge in [0.15, 0.2) is 0 Å². The number of carbonyl (C=O) groups excluding carboxylic acids is 2. The highest BCUT2D eigenvalue weighted by Gasteiger charge is 2.24. The summed E-state index contributed by atoms with van der Waals surface area (Å²) < 4.78 is 4.40. The van der Waals surface area contributed by atoms with Gasteiger partial charge in [0.1, 0.15) is 6.04 Å². The molecule has 0 aliphatic heterocycles. The fourth-order valence-electron chi connectivity index (χ4n) is 1.54. The van der Waals surface area contributed by atoms with Crippen molar-refractivity contribution in [2.24, 2.45) is 0 Å². The Morgan fingerprint density at radius 1 is 1.48 bits per heavy atom. The fourth-order valence-corrected chi connectivity index (χ4v) is 2.24. The highest BCUT2D eigenvalue weighted by molar-refractivity contribution is 7.09. The number of hydrogen-bond acceptors (Lipinski definition) is 5. The lowest BCUT2D eigenvalue weighted by Gasteiger charge is -2.20. The normalized spacial score (nSPS) is 11.5. The van der Waals surface area contributed by atoms with Gasteiger partial charge in [-0.25, -0.2) is 9.59 Å². The Morgan fingerprint density at radius 3 is 2.71 bits per heavy atom. The van der Waals surface area contributed by atoms with Gasteiger partial charge in [-0.05, 0) is 17.9 Å². The Kier molecular flexibility index (Phi) is 6.67. The molecule has 0 bridgehead atoms. The summed E-state index contributed by atoms with van der Waals surface area (Å²) >= 11 is 1.59. The molecule has 1 rings (SSSR count). The quantitative estimate of drug-likeness (QED) is 0.731. The van der Waals surface area contributed by atoms with Crippen LogP contribution in [0.4, 0.5) is 4.79 Å². The Hall–Kier alpha value is -2.09. The van der Waals surface area contributed by atoms with Crippen molar-refractivity contribution in [2.45, 2.75) is 18.9 Å². The number of carbonyl (C=O) groups is 3. The molecule has 1 aromatic heterocycles. The first-order valence-electron chi connectivity index (χ1n) is 6.27. The third-order valence-corrected chi connectivity index (χ3v) is 3.75. The molecule has 0 saturated heterocycles. The van der Waals surface area contributed by atoms with Crippen molar-refractivity contribution in [3.05, 3.63) is 22.4 Å². The lowest BCUT2D eigenvalue weighted by atomic mass is 10.2. The summed E-state index contributed by atoms with van der Waals surface area (Å²) in [4.78, 5) is 36.5. The van der Waals surface area contributed by atoms with Crippen molar-refractivity contribution in [1.29, 1.82) is 0 Å². The summed E-state index contributed by atoms with van der Waals surface area (Å²) in [5.41, 5.74) is 0. The minimum absolute atomic E-state index is 0.406. The van der Waals surface area contributed by atoms with E-state index in [1.165, 1.54) is 4.90 Å². The number of rotatable bonds is 7. The lowest BCUT2D eigenvalue weighted by molar-refractivity contribution is -0.147. The average Bonchev–Trinajstić information content (AvgIpc) is 2.96. The van der Waals surface area contributed by atoms with Crippen LogP contribution in [0.15, 0.2) is 17.5 Å². The van der Waals surface area contributed by atoms with Gasteiger partial charge in [-0.2, -0.15) is 0 Å².